The number of fused-ring (bicyclic) bond motifs is 1. The van der Waals surface area contributed by atoms with E-state index in [1.54, 1.807) is 6.33 Å². The number of aromatic nitrogens is 4. The Morgan fingerprint density at radius 1 is 1.19 bits per heavy atom. The summed E-state index contributed by atoms with van der Waals surface area (Å²) in [6.07, 6.45) is 7.83. The van der Waals surface area contributed by atoms with E-state index in [9.17, 15) is 0 Å². The van der Waals surface area contributed by atoms with Crippen LogP contribution in [0.3, 0.4) is 0 Å². The molecule has 2 rings (SSSR count). The lowest BCUT2D eigenvalue weighted by Crippen LogP contribution is -2.00. The minimum atomic E-state index is 0.596. The van der Waals surface area contributed by atoms with E-state index in [0.717, 1.165) is 11.9 Å². The van der Waals surface area contributed by atoms with Crippen LogP contribution in [0.4, 0.5) is 0 Å². The maximum atomic E-state index is 5.60. The molecule has 0 bridgehead atoms. The van der Waals surface area contributed by atoms with Gasteiger partial charge in [-0.3, -0.25) is 0 Å². The van der Waals surface area contributed by atoms with E-state index >= 15 is 0 Å². The van der Waals surface area contributed by atoms with Crippen LogP contribution in [-0.2, 0) is 0 Å². The number of ether oxygens (including phenoxy) is 1. The van der Waals surface area contributed by atoms with E-state index in [1.165, 1.54) is 25.6 Å². The first-order valence-electron chi connectivity index (χ1n) is 5.68. The zero-order valence-corrected chi connectivity index (χ0v) is 9.44. The largest absolute Gasteiger partial charge is 0.476 e. The van der Waals surface area contributed by atoms with Gasteiger partial charge in [0.15, 0.2) is 5.65 Å². The summed E-state index contributed by atoms with van der Waals surface area (Å²) in [4.78, 5) is 15.1. The number of H-pyrrole nitrogens is 1. The van der Waals surface area contributed by atoms with Crippen LogP contribution in [0.25, 0.3) is 11.2 Å². The number of imidazole rings is 1. The summed E-state index contributed by atoms with van der Waals surface area (Å²) in [7, 11) is 0. The van der Waals surface area contributed by atoms with Gasteiger partial charge >= 0.3 is 0 Å². The molecule has 1 N–H and O–H groups in total. The Labute approximate surface area is 94.3 Å². The van der Waals surface area contributed by atoms with Crippen LogP contribution in [0.5, 0.6) is 5.88 Å². The molecule has 16 heavy (non-hydrogen) atoms. The Balaban J connectivity index is 1.91. The number of rotatable bonds is 6. The van der Waals surface area contributed by atoms with Crippen molar-refractivity contribution in [2.75, 3.05) is 6.61 Å². The molecular formula is C11H16N4O. The molecule has 0 radical (unpaired) electrons. The van der Waals surface area contributed by atoms with Gasteiger partial charge in [0, 0.05) is 0 Å². The van der Waals surface area contributed by atoms with E-state index in [1.807, 2.05) is 0 Å². The van der Waals surface area contributed by atoms with E-state index < -0.39 is 0 Å². The van der Waals surface area contributed by atoms with Gasteiger partial charge in [0.2, 0.25) is 5.88 Å². The topological polar surface area (TPSA) is 63.7 Å². The van der Waals surface area contributed by atoms with Crippen LogP contribution < -0.4 is 4.74 Å². The third-order valence-corrected chi connectivity index (χ3v) is 2.42. The monoisotopic (exact) mass is 220 g/mol. The fourth-order valence-corrected chi connectivity index (χ4v) is 1.55. The summed E-state index contributed by atoms with van der Waals surface area (Å²) in [6, 6.07) is 0. The maximum Gasteiger partial charge on any atom is 0.243 e. The highest BCUT2D eigenvalue weighted by molar-refractivity contribution is 5.74. The lowest BCUT2D eigenvalue weighted by atomic mass is 10.2. The van der Waals surface area contributed by atoms with Crippen LogP contribution in [-0.4, -0.2) is 26.5 Å². The first-order valence-corrected chi connectivity index (χ1v) is 5.68. The molecule has 0 spiro atoms. The molecule has 0 aliphatic rings. The Morgan fingerprint density at radius 3 is 3.00 bits per heavy atom. The Morgan fingerprint density at radius 2 is 2.12 bits per heavy atom. The molecule has 0 unspecified atom stereocenters. The predicted molar refractivity (Wildman–Crippen MR) is 61.3 cm³/mol. The van der Waals surface area contributed by atoms with Crippen LogP contribution in [0.2, 0.25) is 0 Å². The number of nitrogens with one attached hydrogen (secondary N) is 1. The van der Waals surface area contributed by atoms with Gasteiger partial charge in [-0.2, -0.15) is 4.98 Å². The van der Waals surface area contributed by atoms with Crippen LogP contribution >= 0.6 is 0 Å². The zero-order valence-electron chi connectivity index (χ0n) is 9.44. The highest BCUT2D eigenvalue weighted by atomic mass is 16.5. The van der Waals surface area contributed by atoms with Crippen molar-refractivity contribution >= 4 is 11.2 Å². The van der Waals surface area contributed by atoms with Gasteiger partial charge < -0.3 is 9.72 Å². The van der Waals surface area contributed by atoms with Crippen molar-refractivity contribution in [3.05, 3.63) is 12.7 Å². The van der Waals surface area contributed by atoms with Gasteiger partial charge in [-0.05, 0) is 6.42 Å². The number of aromatic amines is 1. The highest BCUT2D eigenvalue weighted by Gasteiger charge is 2.05. The molecule has 5 nitrogen and oxygen atoms in total. The third-order valence-electron chi connectivity index (χ3n) is 2.42. The predicted octanol–water partition coefficient (Wildman–Crippen LogP) is 2.31. The summed E-state index contributed by atoms with van der Waals surface area (Å²) in [5.74, 6) is 0.596. The molecular weight excluding hydrogens is 204 g/mol. The quantitative estimate of drug-likeness (QED) is 0.759. The van der Waals surface area contributed by atoms with Crippen LogP contribution in [0.1, 0.15) is 32.6 Å². The summed E-state index contributed by atoms with van der Waals surface area (Å²) >= 11 is 0. The van der Waals surface area contributed by atoms with Crippen molar-refractivity contribution in [2.45, 2.75) is 32.6 Å². The molecule has 2 aromatic heterocycles. The van der Waals surface area contributed by atoms with Crippen LogP contribution in [0, 0.1) is 0 Å². The van der Waals surface area contributed by atoms with Crippen molar-refractivity contribution in [1.29, 1.82) is 0 Å². The minimum absolute atomic E-state index is 0.596. The van der Waals surface area contributed by atoms with Crippen molar-refractivity contribution in [1.82, 2.24) is 19.9 Å². The fraction of sp³-hybridized carbons (Fsp3) is 0.545. The Kier molecular flexibility index (Phi) is 3.69. The van der Waals surface area contributed by atoms with Crippen molar-refractivity contribution < 1.29 is 4.74 Å². The number of hydrogen-bond donors (Lipinski definition) is 1. The molecule has 0 aliphatic carbocycles. The van der Waals surface area contributed by atoms with Crippen molar-refractivity contribution in [2.24, 2.45) is 0 Å². The number of unbranched alkanes of at least 4 members (excludes halogenated alkanes) is 3. The molecule has 0 atom stereocenters. The summed E-state index contributed by atoms with van der Waals surface area (Å²) in [5, 5.41) is 0. The van der Waals surface area contributed by atoms with Crippen molar-refractivity contribution in [3.8, 4) is 5.88 Å². The molecule has 0 aromatic carbocycles. The molecule has 0 saturated carbocycles. The lowest BCUT2D eigenvalue weighted by Gasteiger charge is -2.04. The van der Waals surface area contributed by atoms with E-state index in [4.69, 9.17) is 4.74 Å². The second-order valence-corrected chi connectivity index (χ2v) is 3.69. The summed E-state index contributed by atoms with van der Waals surface area (Å²) in [5.41, 5.74) is 1.43. The van der Waals surface area contributed by atoms with Crippen molar-refractivity contribution in [3.63, 3.8) is 0 Å². The molecule has 86 valence electrons. The Hall–Kier alpha value is -1.65. The third kappa shape index (κ3) is 2.48. The lowest BCUT2D eigenvalue weighted by molar-refractivity contribution is 0.296. The molecule has 0 saturated heterocycles. The Bertz CT molecular complexity index is 440. The van der Waals surface area contributed by atoms with Crippen LogP contribution in [0.15, 0.2) is 12.7 Å². The highest BCUT2D eigenvalue weighted by Crippen LogP contribution is 2.17. The van der Waals surface area contributed by atoms with E-state index in [2.05, 4.69) is 26.9 Å². The van der Waals surface area contributed by atoms with Gasteiger partial charge in [0.05, 0.1) is 12.9 Å². The molecule has 0 fully saturated rings. The first kappa shape index (κ1) is 10.9. The molecule has 5 heteroatoms. The van der Waals surface area contributed by atoms with E-state index in [-0.39, 0.29) is 0 Å². The molecule has 0 amide bonds. The zero-order chi connectivity index (χ0) is 11.2. The smallest absolute Gasteiger partial charge is 0.243 e. The second kappa shape index (κ2) is 5.44. The molecule has 2 heterocycles. The minimum Gasteiger partial charge on any atom is -0.476 e. The second-order valence-electron chi connectivity index (χ2n) is 3.69. The van der Waals surface area contributed by atoms with Gasteiger partial charge in [-0.1, -0.05) is 26.2 Å². The standard InChI is InChI=1S/C11H16N4O/c1-2-3-4-5-6-16-11-9-10(13-7-12-9)14-8-15-11/h7-8H,2-6H2,1H3,(H,12,13,14,15). The average molecular weight is 220 g/mol. The number of nitrogens with zero attached hydrogens (tertiary/aromatic N) is 3. The van der Waals surface area contributed by atoms with Gasteiger partial charge in [0.1, 0.15) is 11.8 Å². The fourth-order valence-electron chi connectivity index (χ4n) is 1.55. The SMILES string of the molecule is CCCCCCOc1ncnc2nc[nH]c12. The number of hydrogen-bond acceptors (Lipinski definition) is 4. The molecule has 2 aromatic rings. The van der Waals surface area contributed by atoms with Gasteiger partial charge in [-0.15, -0.1) is 0 Å². The summed E-state index contributed by atoms with van der Waals surface area (Å²) < 4.78 is 5.60. The molecule has 0 aliphatic heterocycles. The first-order chi connectivity index (χ1) is 7.92. The van der Waals surface area contributed by atoms with Gasteiger partial charge in [-0.25, -0.2) is 9.97 Å². The summed E-state index contributed by atoms with van der Waals surface area (Å²) in [6.45, 7) is 2.89. The maximum absolute atomic E-state index is 5.60. The average Bonchev–Trinajstić information content (AvgIpc) is 2.77. The van der Waals surface area contributed by atoms with E-state index in [0.29, 0.717) is 18.1 Å². The normalized spacial score (nSPS) is 10.8. The van der Waals surface area contributed by atoms with Gasteiger partial charge in [0.25, 0.3) is 0 Å².